The molecule has 0 aliphatic rings. The first-order valence-electron chi connectivity index (χ1n) is 5.33. The Hall–Kier alpha value is -1.15. The van der Waals surface area contributed by atoms with Gasteiger partial charge in [-0.3, -0.25) is 0 Å². The van der Waals surface area contributed by atoms with Gasteiger partial charge in [0.1, 0.15) is 5.78 Å². The van der Waals surface area contributed by atoms with E-state index < -0.39 is 0 Å². The first-order chi connectivity index (χ1) is 7.18. The lowest BCUT2D eigenvalue weighted by Crippen LogP contribution is -2.09. The summed E-state index contributed by atoms with van der Waals surface area (Å²) in [4.78, 5) is 10.8. The van der Waals surface area contributed by atoms with Gasteiger partial charge in [-0.1, -0.05) is 30.3 Å². The number of ketones is 1. The fraction of sp³-hybridized carbons (Fsp3) is 0.462. The van der Waals surface area contributed by atoms with Crippen LogP contribution in [0.2, 0.25) is 0 Å². The van der Waals surface area contributed by atoms with Gasteiger partial charge in [-0.05, 0) is 25.8 Å². The third-order valence-electron chi connectivity index (χ3n) is 2.28. The molecule has 0 fully saturated rings. The van der Waals surface area contributed by atoms with Crippen molar-refractivity contribution in [2.24, 2.45) is 0 Å². The molecule has 0 amide bonds. The number of carbonyl (C=O) groups is 1. The van der Waals surface area contributed by atoms with Gasteiger partial charge in [0, 0.05) is 6.42 Å². The summed E-state index contributed by atoms with van der Waals surface area (Å²) >= 11 is 0. The van der Waals surface area contributed by atoms with Crippen LogP contribution in [0.3, 0.4) is 0 Å². The summed E-state index contributed by atoms with van der Waals surface area (Å²) < 4.78 is 5.63. The van der Waals surface area contributed by atoms with Crippen LogP contribution in [0.25, 0.3) is 0 Å². The van der Waals surface area contributed by atoms with Crippen LogP contribution in [0, 0.1) is 0 Å². The van der Waals surface area contributed by atoms with Crippen molar-refractivity contribution in [3.8, 4) is 0 Å². The normalized spacial score (nSPS) is 12.4. The maximum atomic E-state index is 10.8. The average Bonchev–Trinajstić information content (AvgIpc) is 2.25. The zero-order chi connectivity index (χ0) is 11.1. The summed E-state index contributed by atoms with van der Waals surface area (Å²) in [7, 11) is 0. The van der Waals surface area contributed by atoms with Crippen LogP contribution in [0.1, 0.15) is 32.3 Å². The Bertz CT molecular complexity index is 293. The molecule has 1 unspecified atom stereocenters. The molecule has 0 heterocycles. The van der Waals surface area contributed by atoms with E-state index in [4.69, 9.17) is 4.74 Å². The van der Waals surface area contributed by atoms with Gasteiger partial charge >= 0.3 is 0 Å². The van der Waals surface area contributed by atoms with E-state index in [0.717, 1.165) is 6.42 Å². The average molecular weight is 206 g/mol. The van der Waals surface area contributed by atoms with Gasteiger partial charge in [-0.2, -0.15) is 0 Å². The fourth-order valence-corrected chi connectivity index (χ4v) is 1.30. The maximum Gasteiger partial charge on any atom is 0.129 e. The van der Waals surface area contributed by atoms with Crippen LogP contribution in [0.5, 0.6) is 0 Å². The molecule has 0 aliphatic heterocycles. The van der Waals surface area contributed by atoms with Crippen LogP contribution in [0.4, 0.5) is 0 Å². The third kappa shape index (κ3) is 5.33. The molecule has 1 atom stereocenters. The number of Topliss-reactive ketones (excluding diaryl/α,β-unsaturated/α-hetero) is 1. The summed E-state index contributed by atoms with van der Waals surface area (Å²) in [5.74, 6) is 0.227. The lowest BCUT2D eigenvalue weighted by atomic mass is 10.1. The molecular weight excluding hydrogens is 188 g/mol. The second kappa shape index (κ2) is 6.36. The van der Waals surface area contributed by atoms with Gasteiger partial charge < -0.3 is 9.53 Å². The standard InChI is InChI=1S/C13H18O2/c1-11(14)8-9-12(2)15-10-13-6-4-3-5-7-13/h3-7,12H,8-10H2,1-2H3. The minimum Gasteiger partial charge on any atom is -0.374 e. The zero-order valence-electron chi connectivity index (χ0n) is 9.40. The SMILES string of the molecule is CC(=O)CCC(C)OCc1ccccc1. The van der Waals surface area contributed by atoms with Crippen molar-refractivity contribution in [1.29, 1.82) is 0 Å². The zero-order valence-corrected chi connectivity index (χ0v) is 9.40. The quantitative estimate of drug-likeness (QED) is 0.715. The van der Waals surface area contributed by atoms with E-state index in [0.29, 0.717) is 13.0 Å². The van der Waals surface area contributed by atoms with Gasteiger partial charge in [0.25, 0.3) is 0 Å². The van der Waals surface area contributed by atoms with Crippen LogP contribution in [0.15, 0.2) is 30.3 Å². The molecule has 2 nitrogen and oxygen atoms in total. The van der Waals surface area contributed by atoms with Gasteiger partial charge in [-0.25, -0.2) is 0 Å². The second-order valence-electron chi connectivity index (χ2n) is 3.85. The lowest BCUT2D eigenvalue weighted by Gasteiger charge is -2.11. The maximum absolute atomic E-state index is 10.8. The third-order valence-corrected chi connectivity index (χ3v) is 2.28. The van der Waals surface area contributed by atoms with Crippen molar-refractivity contribution in [3.63, 3.8) is 0 Å². The fourth-order valence-electron chi connectivity index (χ4n) is 1.30. The molecule has 0 aromatic heterocycles. The molecule has 1 aromatic carbocycles. The topological polar surface area (TPSA) is 26.3 Å². The highest BCUT2D eigenvalue weighted by Gasteiger charge is 2.04. The Kier molecular flexibility index (Phi) is 5.05. The van der Waals surface area contributed by atoms with Gasteiger partial charge in [-0.15, -0.1) is 0 Å². The molecule has 0 aliphatic carbocycles. The van der Waals surface area contributed by atoms with Crippen molar-refractivity contribution in [2.75, 3.05) is 0 Å². The predicted molar refractivity (Wildman–Crippen MR) is 60.6 cm³/mol. The molecule has 0 saturated carbocycles. The van der Waals surface area contributed by atoms with Crippen molar-refractivity contribution >= 4 is 5.78 Å². The predicted octanol–water partition coefficient (Wildman–Crippen LogP) is 2.96. The molecule has 1 rings (SSSR count). The van der Waals surface area contributed by atoms with Crippen LogP contribution >= 0.6 is 0 Å². The number of hydrogen-bond acceptors (Lipinski definition) is 2. The van der Waals surface area contributed by atoms with E-state index in [9.17, 15) is 4.79 Å². The van der Waals surface area contributed by atoms with Crippen LogP contribution in [-0.2, 0) is 16.1 Å². The first-order valence-corrected chi connectivity index (χ1v) is 5.33. The van der Waals surface area contributed by atoms with Crippen molar-refractivity contribution in [3.05, 3.63) is 35.9 Å². The molecule has 1 aromatic rings. The Morgan fingerprint density at radius 1 is 1.33 bits per heavy atom. The highest BCUT2D eigenvalue weighted by Crippen LogP contribution is 2.07. The smallest absolute Gasteiger partial charge is 0.129 e. The summed E-state index contributed by atoms with van der Waals surface area (Å²) in [6.07, 6.45) is 1.56. The van der Waals surface area contributed by atoms with E-state index in [1.165, 1.54) is 5.56 Å². The van der Waals surface area contributed by atoms with E-state index in [1.807, 2.05) is 37.3 Å². The summed E-state index contributed by atoms with van der Waals surface area (Å²) in [6.45, 7) is 4.25. The lowest BCUT2D eigenvalue weighted by molar-refractivity contribution is -0.117. The number of hydrogen-bond donors (Lipinski definition) is 0. The molecule has 0 saturated heterocycles. The summed E-state index contributed by atoms with van der Waals surface area (Å²) in [6, 6.07) is 10.1. The van der Waals surface area contributed by atoms with Crippen molar-refractivity contribution in [1.82, 2.24) is 0 Å². The van der Waals surface area contributed by atoms with E-state index in [2.05, 4.69) is 0 Å². The van der Waals surface area contributed by atoms with E-state index in [1.54, 1.807) is 6.92 Å². The Morgan fingerprint density at radius 2 is 2.00 bits per heavy atom. The van der Waals surface area contributed by atoms with Gasteiger partial charge in [0.05, 0.1) is 12.7 Å². The van der Waals surface area contributed by atoms with E-state index in [-0.39, 0.29) is 11.9 Å². The monoisotopic (exact) mass is 206 g/mol. The molecule has 2 heteroatoms. The highest BCUT2D eigenvalue weighted by molar-refractivity contribution is 5.75. The second-order valence-corrected chi connectivity index (χ2v) is 3.85. The van der Waals surface area contributed by atoms with Crippen molar-refractivity contribution < 1.29 is 9.53 Å². The summed E-state index contributed by atoms with van der Waals surface area (Å²) in [5.41, 5.74) is 1.17. The first kappa shape index (κ1) is 11.9. The number of benzene rings is 1. The molecule has 0 N–H and O–H groups in total. The molecule has 0 bridgehead atoms. The minimum atomic E-state index is 0.147. The van der Waals surface area contributed by atoms with Crippen LogP contribution in [-0.4, -0.2) is 11.9 Å². The van der Waals surface area contributed by atoms with Gasteiger partial charge in [0.15, 0.2) is 0 Å². The highest BCUT2D eigenvalue weighted by atomic mass is 16.5. The number of carbonyl (C=O) groups excluding carboxylic acids is 1. The number of rotatable bonds is 6. The summed E-state index contributed by atoms with van der Waals surface area (Å²) in [5, 5.41) is 0. The molecule has 0 radical (unpaired) electrons. The van der Waals surface area contributed by atoms with Crippen molar-refractivity contribution in [2.45, 2.75) is 39.4 Å². The molecule has 0 spiro atoms. The Morgan fingerprint density at radius 3 is 2.60 bits per heavy atom. The van der Waals surface area contributed by atoms with Gasteiger partial charge in [0.2, 0.25) is 0 Å². The molecular formula is C13H18O2. The molecule has 82 valence electrons. The minimum absolute atomic E-state index is 0.147. The largest absolute Gasteiger partial charge is 0.374 e. The molecule has 15 heavy (non-hydrogen) atoms. The Labute approximate surface area is 91.3 Å². The number of ether oxygens (including phenoxy) is 1. The van der Waals surface area contributed by atoms with Crippen LogP contribution < -0.4 is 0 Å². The Balaban J connectivity index is 2.22. The van der Waals surface area contributed by atoms with E-state index >= 15 is 0 Å².